The molecule has 0 N–H and O–H groups in total. The highest BCUT2D eigenvalue weighted by atomic mass is 14.5. The molecule has 0 bridgehead atoms. The minimum Gasteiger partial charge on any atom is -0.0823 e. The maximum absolute atomic E-state index is 2.74. The first-order valence-corrected chi connectivity index (χ1v) is 9.33. The van der Waals surface area contributed by atoms with E-state index >= 15 is 0 Å². The van der Waals surface area contributed by atoms with Crippen LogP contribution in [0.5, 0.6) is 0 Å². The van der Waals surface area contributed by atoms with E-state index in [0.717, 1.165) is 11.8 Å². The highest BCUT2D eigenvalue weighted by Gasteiger charge is 2.45. The summed E-state index contributed by atoms with van der Waals surface area (Å²) in [5, 5.41) is 0. The van der Waals surface area contributed by atoms with Crippen molar-refractivity contribution in [1.29, 1.82) is 0 Å². The smallest absolute Gasteiger partial charge is 0.00612 e. The van der Waals surface area contributed by atoms with Gasteiger partial charge in [-0.25, -0.2) is 0 Å². The van der Waals surface area contributed by atoms with Gasteiger partial charge in [0, 0.05) is 0 Å². The maximum Gasteiger partial charge on any atom is -0.00612 e. The van der Waals surface area contributed by atoms with E-state index in [-0.39, 0.29) is 0 Å². The Morgan fingerprint density at radius 3 is 1.55 bits per heavy atom. The lowest BCUT2D eigenvalue weighted by Crippen LogP contribution is -2.41. The monoisotopic (exact) mass is 274 g/mol. The Labute approximate surface area is 126 Å². The third kappa shape index (κ3) is 2.85. The topological polar surface area (TPSA) is 0 Å². The summed E-state index contributed by atoms with van der Waals surface area (Å²) in [4.78, 5) is 0. The molecule has 0 unspecified atom stereocenters. The van der Waals surface area contributed by atoms with Crippen molar-refractivity contribution in [2.75, 3.05) is 0 Å². The van der Waals surface area contributed by atoms with Gasteiger partial charge >= 0.3 is 0 Å². The van der Waals surface area contributed by atoms with Crippen molar-refractivity contribution in [1.82, 2.24) is 0 Å². The van der Waals surface area contributed by atoms with Crippen LogP contribution in [0.2, 0.25) is 0 Å². The van der Waals surface area contributed by atoms with Crippen LogP contribution < -0.4 is 0 Å². The number of hydrogen-bond donors (Lipinski definition) is 0. The van der Waals surface area contributed by atoms with Crippen molar-refractivity contribution in [3.63, 3.8) is 0 Å². The average molecular weight is 274 g/mol. The van der Waals surface area contributed by atoms with Crippen molar-refractivity contribution < 1.29 is 0 Å². The van der Waals surface area contributed by atoms with Gasteiger partial charge in [0.15, 0.2) is 0 Å². The van der Waals surface area contributed by atoms with E-state index in [9.17, 15) is 0 Å². The lowest BCUT2D eigenvalue weighted by atomic mass is 9.54. The van der Waals surface area contributed by atoms with Crippen LogP contribution in [-0.2, 0) is 0 Å². The van der Waals surface area contributed by atoms with E-state index < -0.39 is 0 Å². The van der Waals surface area contributed by atoms with Crippen molar-refractivity contribution in [2.24, 2.45) is 22.7 Å². The minimum atomic E-state index is 0.451. The summed E-state index contributed by atoms with van der Waals surface area (Å²) in [6.07, 6.45) is 23.3. The van der Waals surface area contributed by atoms with Gasteiger partial charge in [-0.15, -0.1) is 0 Å². The summed E-state index contributed by atoms with van der Waals surface area (Å²) < 4.78 is 0. The summed E-state index contributed by atoms with van der Waals surface area (Å²) in [6, 6.07) is 0. The van der Waals surface area contributed by atoms with Crippen LogP contribution in [0.25, 0.3) is 0 Å². The molecular weight excluding hydrogens is 240 g/mol. The van der Waals surface area contributed by atoms with Gasteiger partial charge in [-0.1, -0.05) is 64.5 Å². The van der Waals surface area contributed by atoms with Crippen LogP contribution in [0.4, 0.5) is 0 Å². The lowest BCUT2D eigenvalue weighted by molar-refractivity contribution is 0.0422. The van der Waals surface area contributed by atoms with Gasteiger partial charge < -0.3 is 0 Å². The zero-order valence-electron chi connectivity index (χ0n) is 13.8. The molecule has 0 saturated heterocycles. The van der Waals surface area contributed by atoms with Gasteiger partial charge in [-0.3, -0.25) is 0 Å². The normalized spacial score (nSPS) is 31.3. The van der Waals surface area contributed by atoms with Gasteiger partial charge in [0.25, 0.3) is 0 Å². The molecule has 20 heavy (non-hydrogen) atoms. The molecule has 2 saturated carbocycles. The number of hydrogen-bond acceptors (Lipinski definition) is 0. The second-order valence-electron chi connectivity index (χ2n) is 8.60. The second kappa shape index (κ2) is 5.85. The highest BCUT2D eigenvalue weighted by molar-refractivity contribution is 5.14. The van der Waals surface area contributed by atoms with E-state index in [1.165, 1.54) is 77.0 Å². The Hall–Kier alpha value is -0.260. The van der Waals surface area contributed by atoms with Gasteiger partial charge in [-0.05, 0) is 61.2 Å². The third-order valence-corrected chi connectivity index (χ3v) is 6.78. The Morgan fingerprint density at radius 2 is 1.15 bits per heavy atom. The molecule has 0 heterocycles. The van der Waals surface area contributed by atoms with E-state index in [1.807, 2.05) is 0 Å². The summed E-state index contributed by atoms with van der Waals surface area (Å²) in [7, 11) is 0. The van der Waals surface area contributed by atoms with Crippen LogP contribution in [0.15, 0.2) is 12.2 Å². The zero-order valence-corrected chi connectivity index (χ0v) is 13.8. The van der Waals surface area contributed by atoms with E-state index in [0.29, 0.717) is 10.8 Å². The molecule has 0 spiro atoms. The second-order valence-corrected chi connectivity index (χ2v) is 8.60. The van der Waals surface area contributed by atoms with Crippen LogP contribution in [-0.4, -0.2) is 0 Å². The molecule has 0 aliphatic heterocycles. The maximum atomic E-state index is 2.74. The predicted octanol–water partition coefficient (Wildman–Crippen LogP) is 6.51. The van der Waals surface area contributed by atoms with Gasteiger partial charge in [0.1, 0.15) is 0 Å². The van der Waals surface area contributed by atoms with Crippen molar-refractivity contribution in [3.8, 4) is 0 Å². The molecule has 0 aromatic carbocycles. The Kier molecular flexibility index (Phi) is 4.29. The third-order valence-electron chi connectivity index (χ3n) is 6.78. The van der Waals surface area contributed by atoms with Crippen LogP contribution in [0.3, 0.4) is 0 Å². The summed E-state index contributed by atoms with van der Waals surface area (Å²) >= 11 is 0. The van der Waals surface area contributed by atoms with Crippen LogP contribution in [0, 0.1) is 22.7 Å². The van der Waals surface area contributed by atoms with Gasteiger partial charge in [0.2, 0.25) is 0 Å². The fourth-order valence-electron chi connectivity index (χ4n) is 5.38. The molecule has 0 nitrogen and oxygen atoms in total. The predicted molar refractivity (Wildman–Crippen MR) is 87.7 cm³/mol. The molecule has 0 aromatic heterocycles. The molecule has 0 radical (unpaired) electrons. The Morgan fingerprint density at radius 1 is 0.650 bits per heavy atom. The fourth-order valence-corrected chi connectivity index (χ4v) is 5.38. The largest absolute Gasteiger partial charge is 0.0823 e. The standard InChI is InChI=1S/C20H34/c1-19(2)13-15-20(16-14-19,17-9-5-3-6-10-17)18-11-7-4-8-12-18/h13,15,17-18H,3-12,14,16H2,1-2H3. The van der Waals surface area contributed by atoms with Gasteiger partial charge in [-0.2, -0.15) is 0 Å². The Balaban J connectivity index is 1.86. The van der Waals surface area contributed by atoms with Crippen molar-refractivity contribution in [3.05, 3.63) is 12.2 Å². The van der Waals surface area contributed by atoms with E-state index in [4.69, 9.17) is 0 Å². The fraction of sp³-hybridized carbons (Fsp3) is 0.900. The lowest BCUT2D eigenvalue weighted by Gasteiger charge is -2.51. The van der Waals surface area contributed by atoms with E-state index in [1.54, 1.807) is 0 Å². The number of allylic oxidation sites excluding steroid dienone is 2. The molecule has 0 amide bonds. The van der Waals surface area contributed by atoms with Crippen LogP contribution in [0.1, 0.15) is 90.9 Å². The molecule has 3 aliphatic carbocycles. The van der Waals surface area contributed by atoms with Crippen molar-refractivity contribution >= 4 is 0 Å². The van der Waals surface area contributed by atoms with Crippen LogP contribution >= 0.6 is 0 Å². The summed E-state index contributed by atoms with van der Waals surface area (Å²) in [5.41, 5.74) is 1.04. The first-order valence-electron chi connectivity index (χ1n) is 9.33. The molecule has 0 atom stereocenters. The van der Waals surface area contributed by atoms with Gasteiger partial charge in [0.05, 0.1) is 0 Å². The van der Waals surface area contributed by atoms with E-state index in [2.05, 4.69) is 26.0 Å². The zero-order chi connectivity index (χ0) is 14.1. The first kappa shape index (κ1) is 14.7. The molecule has 114 valence electrons. The summed E-state index contributed by atoms with van der Waals surface area (Å²) in [5.74, 6) is 2.01. The first-order chi connectivity index (χ1) is 9.62. The highest BCUT2D eigenvalue weighted by Crippen LogP contribution is 2.56. The Bertz CT molecular complexity index is 319. The molecule has 0 aromatic rings. The molecule has 0 heteroatoms. The molecule has 3 aliphatic rings. The van der Waals surface area contributed by atoms with Crippen molar-refractivity contribution in [2.45, 2.75) is 90.9 Å². The average Bonchev–Trinajstić information content (AvgIpc) is 2.50. The SMILES string of the molecule is CC1(C)C=CC(C2CCCCC2)(C2CCCCC2)CC1. The minimum absolute atomic E-state index is 0.451. The quantitative estimate of drug-likeness (QED) is 0.503. The number of rotatable bonds is 2. The summed E-state index contributed by atoms with van der Waals surface area (Å²) in [6.45, 7) is 4.85. The molecule has 3 rings (SSSR count). The molecule has 2 fully saturated rings. The molecular formula is C20H34.